The minimum absolute atomic E-state index is 0. The highest BCUT2D eigenvalue weighted by Crippen LogP contribution is 2.23. The first-order valence-electron chi connectivity index (χ1n) is 6.32. The predicted molar refractivity (Wildman–Crippen MR) is 84.1 cm³/mol. The van der Waals surface area contributed by atoms with Gasteiger partial charge >= 0.3 is 0 Å². The van der Waals surface area contributed by atoms with E-state index in [1.165, 1.54) is 0 Å². The summed E-state index contributed by atoms with van der Waals surface area (Å²) < 4.78 is 0.999. The van der Waals surface area contributed by atoms with Gasteiger partial charge in [-0.1, -0.05) is 22.0 Å². The van der Waals surface area contributed by atoms with E-state index in [1.807, 2.05) is 37.1 Å². The number of carbonyl (C=O) groups excluding carboxylic acids is 1. The van der Waals surface area contributed by atoms with E-state index < -0.39 is 0 Å². The fraction of sp³-hybridized carbons (Fsp3) is 0.500. The molecule has 5 heteroatoms. The molecule has 1 heterocycles. The van der Waals surface area contributed by atoms with E-state index in [0.29, 0.717) is 5.92 Å². The Morgan fingerprint density at radius 3 is 2.95 bits per heavy atom. The lowest BCUT2D eigenvalue weighted by Gasteiger charge is -2.18. The van der Waals surface area contributed by atoms with Gasteiger partial charge in [0.25, 0.3) is 5.91 Å². The third-order valence-corrected chi connectivity index (χ3v) is 4.42. The van der Waals surface area contributed by atoms with Gasteiger partial charge in [0.15, 0.2) is 0 Å². The van der Waals surface area contributed by atoms with Crippen molar-refractivity contribution in [2.75, 3.05) is 26.7 Å². The minimum Gasteiger partial charge on any atom is -0.338 e. The van der Waals surface area contributed by atoms with Crippen molar-refractivity contribution in [1.82, 2.24) is 10.2 Å². The summed E-state index contributed by atoms with van der Waals surface area (Å²) in [5, 5.41) is 3.18. The van der Waals surface area contributed by atoms with Crippen LogP contribution >= 0.6 is 28.3 Å². The highest BCUT2D eigenvalue weighted by atomic mass is 79.9. The predicted octanol–water partition coefficient (Wildman–Crippen LogP) is 2.86. The van der Waals surface area contributed by atoms with E-state index >= 15 is 0 Å². The molecule has 1 fully saturated rings. The molecule has 19 heavy (non-hydrogen) atoms. The summed E-state index contributed by atoms with van der Waals surface area (Å²) >= 11 is 3.48. The average molecular weight is 348 g/mol. The van der Waals surface area contributed by atoms with Crippen LogP contribution in [0.3, 0.4) is 0 Å². The molecule has 0 aliphatic carbocycles. The maximum absolute atomic E-state index is 12.5. The molecular formula is C14H20BrClN2O. The normalized spacial score (nSPS) is 18.3. The Hall–Kier alpha value is -0.580. The van der Waals surface area contributed by atoms with E-state index in [2.05, 4.69) is 21.2 Å². The molecule has 1 unspecified atom stereocenters. The van der Waals surface area contributed by atoms with Crippen molar-refractivity contribution in [2.45, 2.75) is 13.3 Å². The summed E-state index contributed by atoms with van der Waals surface area (Å²) in [6.07, 6.45) is 1.10. The quantitative estimate of drug-likeness (QED) is 0.912. The zero-order valence-electron chi connectivity index (χ0n) is 11.3. The topological polar surface area (TPSA) is 32.3 Å². The fourth-order valence-corrected chi connectivity index (χ4v) is 2.85. The first kappa shape index (κ1) is 16.5. The summed E-state index contributed by atoms with van der Waals surface area (Å²) in [5.41, 5.74) is 1.84. The number of nitrogens with one attached hydrogen (secondary N) is 1. The Kier molecular flexibility index (Phi) is 6.30. The maximum Gasteiger partial charge on any atom is 0.254 e. The van der Waals surface area contributed by atoms with Gasteiger partial charge < -0.3 is 10.2 Å². The SMILES string of the molecule is CNCC1CCN(C(=O)c2cccc(Br)c2C)C1.Cl. The standard InChI is InChI=1S/C14H19BrN2O.ClH/c1-10-12(4-3-5-13(10)15)14(18)17-7-6-11(9-17)8-16-2;/h3-5,11,16H,6-9H2,1-2H3;1H. The van der Waals surface area contributed by atoms with E-state index in [1.54, 1.807) is 0 Å². The third-order valence-electron chi connectivity index (χ3n) is 3.56. The second kappa shape index (κ2) is 7.27. The largest absolute Gasteiger partial charge is 0.338 e. The summed E-state index contributed by atoms with van der Waals surface area (Å²) in [7, 11) is 1.96. The molecule has 1 atom stereocenters. The molecule has 0 radical (unpaired) electrons. The zero-order chi connectivity index (χ0) is 13.1. The van der Waals surface area contributed by atoms with Gasteiger partial charge in [-0.05, 0) is 50.6 Å². The van der Waals surface area contributed by atoms with Crippen LogP contribution in [0.15, 0.2) is 22.7 Å². The Labute approximate surface area is 129 Å². The fourth-order valence-electron chi connectivity index (χ4n) is 2.48. The molecule has 1 N–H and O–H groups in total. The van der Waals surface area contributed by atoms with Crippen molar-refractivity contribution in [3.8, 4) is 0 Å². The molecule has 0 aromatic heterocycles. The van der Waals surface area contributed by atoms with Crippen LogP contribution in [-0.4, -0.2) is 37.5 Å². The molecule has 0 spiro atoms. The van der Waals surface area contributed by atoms with Crippen molar-refractivity contribution >= 4 is 34.2 Å². The zero-order valence-corrected chi connectivity index (χ0v) is 13.7. The van der Waals surface area contributed by atoms with Crippen LogP contribution in [0.2, 0.25) is 0 Å². The van der Waals surface area contributed by atoms with Crippen LogP contribution in [0.1, 0.15) is 22.3 Å². The molecule has 2 rings (SSSR count). The first-order chi connectivity index (χ1) is 8.63. The van der Waals surface area contributed by atoms with Gasteiger partial charge in [-0.2, -0.15) is 0 Å². The number of hydrogen-bond donors (Lipinski definition) is 1. The van der Waals surface area contributed by atoms with Gasteiger partial charge in [-0.15, -0.1) is 12.4 Å². The van der Waals surface area contributed by atoms with E-state index in [4.69, 9.17) is 0 Å². The highest BCUT2D eigenvalue weighted by molar-refractivity contribution is 9.10. The highest BCUT2D eigenvalue weighted by Gasteiger charge is 2.27. The lowest BCUT2D eigenvalue weighted by molar-refractivity contribution is 0.0786. The molecule has 0 bridgehead atoms. The summed E-state index contributed by atoms with van der Waals surface area (Å²) in [4.78, 5) is 14.4. The van der Waals surface area contributed by atoms with Crippen molar-refractivity contribution in [3.63, 3.8) is 0 Å². The van der Waals surface area contributed by atoms with Crippen LogP contribution in [0.4, 0.5) is 0 Å². The second-order valence-electron chi connectivity index (χ2n) is 4.88. The molecule has 0 saturated carbocycles. The van der Waals surface area contributed by atoms with Crippen molar-refractivity contribution in [1.29, 1.82) is 0 Å². The van der Waals surface area contributed by atoms with Gasteiger partial charge in [0.1, 0.15) is 0 Å². The third kappa shape index (κ3) is 3.71. The van der Waals surface area contributed by atoms with Crippen LogP contribution in [-0.2, 0) is 0 Å². The van der Waals surface area contributed by atoms with E-state index in [9.17, 15) is 4.79 Å². The number of halogens is 2. The Morgan fingerprint density at radius 2 is 2.26 bits per heavy atom. The number of carbonyl (C=O) groups is 1. The van der Waals surface area contributed by atoms with Crippen LogP contribution < -0.4 is 5.32 Å². The Morgan fingerprint density at radius 1 is 1.53 bits per heavy atom. The van der Waals surface area contributed by atoms with Crippen molar-refractivity contribution in [2.24, 2.45) is 5.92 Å². The first-order valence-corrected chi connectivity index (χ1v) is 7.11. The smallest absolute Gasteiger partial charge is 0.254 e. The van der Waals surface area contributed by atoms with Crippen molar-refractivity contribution < 1.29 is 4.79 Å². The molecule has 1 amide bonds. The Balaban J connectivity index is 0.00000180. The second-order valence-corrected chi connectivity index (χ2v) is 5.73. The number of rotatable bonds is 3. The molecule has 106 valence electrons. The van der Waals surface area contributed by atoms with Crippen molar-refractivity contribution in [3.05, 3.63) is 33.8 Å². The van der Waals surface area contributed by atoms with Gasteiger partial charge in [-0.25, -0.2) is 0 Å². The lowest BCUT2D eigenvalue weighted by Crippen LogP contribution is -2.30. The number of hydrogen-bond acceptors (Lipinski definition) is 2. The van der Waals surface area contributed by atoms with Crippen LogP contribution in [0.25, 0.3) is 0 Å². The van der Waals surface area contributed by atoms with Gasteiger partial charge in [-0.3, -0.25) is 4.79 Å². The monoisotopic (exact) mass is 346 g/mol. The number of benzene rings is 1. The molecule has 1 aromatic carbocycles. The molecule has 1 aromatic rings. The summed E-state index contributed by atoms with van der Waals surface area (Å²) in [5.74, 6) is 0.749. The summed E-state index contributed by atoms with van der Waals surface area (Å²) in [6, 6.07) is 5.80. The minimum atomic E-state index is 0. The van der Waals surface area contributed by atoms with Gasteiger partial charge in [0, 0.05) is 23.1 Å². The van der Waals surface area contributed by atoms with E-state index in [0.717, 1.165) is 41.7 Å². The molecule has 3 nitrogen and oxygen atoms in total. The average Bonchev–Trinajstić information content (AvgIpc) is 2.81. The number of amides is 1. The van der Waals surface area contributed by atoms with Crippen LogP contribution in [0.5, 0.6) is 0 Å². The number of likely N-dealkylation sites (tertiary alicyclic amines) is 1. The van der Waals surface area contributed by atoms with Crippen LogP contribution in [0, 0.1) is 12.8 Å². The van der Waals surface area contributed by atoms with E-state index in [-0.39, 0.29) is 18.3 Å². The van der Waals surface area contributed by atoms with Gasteiger partial charge in [0.05, 0.1) is 0 Å². The molecule has 1 aliphatic heterocycles. The maximum atomic E-state index is 12.5. The van der Waals surface area contributed by atoms with Gasteiger partial charge in [0.2, 0.25) is 0 Å². The molecular weight excluding hydrogens is 328 g/mol. The lowest BCUT2D eigenvalue weighted by atomic mass is 10.1. The molecule has 1 aliphatic rings. The molecule has 1 saturated heterocycles. The number of nitrogens with zero attached hydrogens (tertiary/aromatic N) is 1. The Bertz CT molecular complexity index is 453. The summed E-state index contributed by atoms with van der Waals surface area (Å²) in [6.45, 7) is 4.71.